The first-order chi connectivity index (χ1) is 16.6. The number of carbonyl (C=O) groups excluding carboxylic acids is 2. The third kappa shape index (κ3) is 5.79. The molecule has 0 spiro atoms. The summed E-state index contributed by atoms with van der Waals surface area (Å²) >= 11 is 0. The summed E-state index contributed by atoms with van der Waals surface area (Å²) in [7, 11) is 1.68. The molecule has 0 radical (unpaired) electrons. The molecule has 0 N–H and O–H groups in total. The Kier molecular flexibility index (Phi) is 8.22. The van der Waals surface area contributed by atoms with Gasteiger partial charge in [0.1, 0.15) is 5.75 Å². The highest BCUT2D eigenvalue weighted by atomic mass is 16.5. The largest absolute Gasteiger partial charge is 0.497 e. The number of hydrogen-bond acceptors (Lipinski definition) is 5. The molecule has 0 aromatic heterocycles. The second-order valence-electron chi connectivity index (χ2n) is 9.36. The molecule has 2 saturated heterocycles. The summed E-state index contributed by atoms with van der Waals surface area (Å²) in [5, 5.41) is 0. The lowest BCUT2D eigenvalue weighted by Gasteiger charge is -2.42. The summed E-state index contributed by atoms with van der Waals surface area (Å²) < 4.78 is 10.6. The van der Waals surface area contributed by atoms with Gasteiger partial charge in [0.2, 0.25) is 5.91 Å². The minimum Gasteiger partial charge on any atom is -0.497 e. The number of likely N-dealkylation sites (tertiary alicyclic amines) is 2. The Labute approximate surface area is 202 Å². The molecule has 0 aliphatic carbocycles. The van der Waals surface area contributed by atoms with Gasteiger partial charge in [-0.3, -0.25) is 14.5 Å². The van der Waals surface area contributed by atoms with Crippen molar-refractivity contribution in [1.82, 2.24) is 9.80 Å². The summed E-state index contributed by atoms with van der Waals surface area (Å²) in [5.41, 5.74) is 2.46. The smallest absolute Gasteiger partial charge is 0.310 e. The average molecular weight is 465 g/mol. The van der Waals surface area contributed by atoms with Crippen LogP contribution in [0, 0.1) is 11.8 Å². The van der Waals surface area contributed by atoms with Crippen LogP contribution in [0.5, 0.6) is 5.75 Å². The first-order valence-electron chi connectivity index (χ1n) is 12.5. The van der Waals surface area contributed by atoms with Gasteiger partial charge in [0.25, 0.3) is 0 Å². The molecule has 0 bridgehead atoms. The summed E-state index contributed by atoms with van der Waals surface area (Å²) in [6.07, 6.45) is 3.43. The molecule has 182 valence electrons. The molecule has 6 nitrogen and oxygen atoms in total. The SMILES string of the molecule is CCOC(=O)C1CCCN(C(=O)C2CCC(c3ccccc3)N(Cc3cccc(OC)c3)C2)C1. The average Bonchev–Trinajstić information content (AvgIpc) is 2.89. The zero-order chi connectivity index (χ0) is 23.9. The number of amides is 1. The highest BCUT2D eigenvalue weighted by Crippen LogP contribution is 2.36. The van der Waals surface area contributed by atoms with Gasteiger partial charge in [-0.1, -0.05) is 42.5 Å². The molecular formula is C28H36N2O4. The molecule has 2 aromatic rings. The van der Waals surface area contributed by atoms with E-state index in [1.165, 1.54) is 11.1 Å². The Morgan fingerprint density at radius 1 is 0.971 bits per heavy atom. The highest BCUT2D eigenvalue weighted by Gasteiger charge is 2.37. The van der Waals surface area contributed by atoms with Gasteiger partial charge in [0.15, 0.2) is 0 Å². The van der Waals surface area contributed by atoms with Gasteiger partial charge in [-0.05, 0) is 55.9 Å². The molecule has 3 unspecified atom stereocenters. The van der Waals surface area contributed by atoms with Crippen LogP contribution in [-0.4, -0.2) is 55.0 Å². The quantitative estimate of drug-likeness (QED) is 0.567. The molecule has 2 fully saturated rings. The molecule has 4 rings (SSSR count). The second-order valence-corrected chi connectivity index (χ2v) is 9.36. The number of carbonyl (C=O) groups is 2. The zero-order valence-corrected chi connectivity index (χ0v) is 20.3. The van der Waals surface area contributed by atoms with Crippen molar-refractivity contribution in [3.05, 3.63) is 65.7 Å². The third-order valence-corrected chi connectivity index (χ3v) is 7.09. The van der Waals surface area contributed by atoms with E-state index in [0.717, 1.165) is 44.5 Å². The van der Waals surface area contributed by atoms with Crippen molar-refractivity contribution in [2.24, 2.45) is 11.8 Å². The van der Waals surface area contributed by atoms with E-state index in [9.17, 15) is 9.59 Å². The number of piperidine rings is 2. The fraction of sp³-hybridized carbons (Fsp3) is 0.500. The first-order valence-corrected chi connectivity index (χ1v) is 12.5. The van der Waals surface area contributed by atoms with Crippen molar-refractivity contribution in [2.45, 2.75) is 45.2 Å². The van der Waals surface area contributed by atoms with Gasteiger partial charge >= 0.3 is 5.97 Å². The van der Waals surface area contributed by atoms with Gasteiger partial charge in [-0.15, -0.1) is 0 Å². The van der Waals surface area contributed by atoms with Crippen LogP contribution >= 0.6 is 0 Å². The van der Waals surface area contributed by atoms with E-state index in [1.54, 1.807) is 7.11 Å². The van der Waals surface area contributed by atoms with Gasteiger partial charge in [0, 0.05) is 32.2 Å². The van der Waals surface area contributed by atoms with E-state index in [0.29, 0.717) is 19.7 Å². The summed E-state index contributed by atoms with van der Waals surface area (Å²) in [6.45, 7) is 4.87. The Morgan fingerprint density at radius 2 is 1.79 bits per heavy atom. The molecule has 34 heavy (non-hydrogen) atoms. The number of rotatable bonds is 7. The predicted molar refractivity (Wildman–Crippen MR) is 131 cm³/mol. The van der Waals surface area contributed by atoms with Gasteiger partial charge in [-0.2, -0.15) is 0 Å². The molecule has 2 aromatic carbocycles. The number of esters is 1. The van der Waals surface area contributed by atoms with Gasteiger partial charge in [-0.25, -0.2) is 0 Å². The molecule has 6 heteroatoms. The number of methoxy groups -OCH3 is 1. The molecule has 2 heterocycles. The van der Waals surface area contributed by atoms with Gasteiger partial charge < -0.3 is 14.4 Å². The minimum absolute atomic E-state index is 0.0634. The Bertz CT molecular complexity index is 964. The highest BCUT2D eigenvalue weighted by molar-refractivity contribution is 5.81. The second kappa shape index (κ2) is 11.5. The lowest BCUT2D eigenvalue weighted by Crippen LogP contribution is -2.49. The topological polar surface area (TPSA) is 59.1 Å². The van der Waals surface area contributed by atoms with Gasteiger partial charge in [0.05, 0.1) is 25.6 Å². The van der Waals surface area contributed by atoms with Crippen molar-refractivity contribution in [3.8, 4) is 5.75 Å². The van der Waals surface area contributed by atoms with Crippen molar-refractivity contribution in [2.75, 3.05) is 33.4 Å². The van der Waals surface area contributed by atoms with E-state index in [1.807, 2.05) is 30.0 Å². The summed E-state index contributed by atoms with van der Waals surface area (Å²) in [5.74, 6) is 0.582. The van der Waals surface area contributed by atoms with E-state index < -0.39 is 0 Å². The Balaban J connectivity index is 1.49. The van der Waals surface area contributed by atoms with Crippen LogP contribution in [-0.2, 0) is 20.9 Å². The predicted octanol–water partition coefficient (Wildman–Crippen LogP) is 4.45. The standard InChI is InChI=1S/C28H36N2O4/c1-3-34-28(32)24-12-8-16-29(20-24)27(31)23-14-15-26(22-10-5-4-6-11-22)30(19-23)18-21-9-7-13-25(17-21)33-2/h4-7,9-11,13,17,23-24,26H,3,8,12,14-16,18-20H2,1-2H3. The fourth-order valence-corrected chi connectivity index (χ4v) is 5.37. The fourth-order valence-electron chi connectivity index (χ4n) is 5.37. The maximum atomic E-state index is 13.5. The van der Waals surface area contributed by atoms with Crippen molar-refractivity contribution < 1.29 is 19.1 Å². The zero-order valence-electron chi connectivity index (χ0n) is 20.3. The van der Waals surface area contributed by atoms with Crippen molar-refractivity contribution in [1.29, 1.82) is 0 Å². The van der Waals surface area contributed by atoms with Crippen molar-refractivity contribution in [3.63, 3.8) is 0 Å². The summed E-state index contributed by atoms with van der Waals surface area (Å²) in [6, 6.07) is 19.0. The molecule has 3 atom stereocenters. The van der Waals surface area contributed by atoms with Crippen LogP contribution < -0.4 is 4.74 Å². The van der Waals surface area contributed by atoms with E-state index in [4.69, 9.17) is 9.47 Å². The molecule has 2 aliphatic rings. The van der Waals surface area contributed by atoms with Crippen LogP contribution in [0.25, 0.3) is 0 Å². The number of hydrogen-bond donors (Lipinski definition) is 0. The van der Waals surface area contributed by atoms with E-state index in [2.05, 4.69) is 41.3 Å². The normalized spacial score (nSPS) is 23.4. The van der Waals surface area contributed by atoms with Crippen LogP contribution in [0.15, 0.2) is 54.6 Å². The Morgan fingerprint density at radius 3 is 2.56 bits per heavy atom. The minimum atomic E-state index is -0.203. The third-order valence-electron chi connectivity index (χ3n) is 7.09. The first kappa shape index (κ1) is 24.3. The Hall–Kier alpha value is -2.86. The van der Waals surface area contributed by atoms with Crippen LogP contribution in [0.2, 0.25) is 0 Å². The van der Waals surface area contributed by atoms with Crippen LogP contribution in [0.1, 0.15) is 49.8 Å². The monoisotopic (exact) mass is 464 g/mol. The van der Waals surface area contributed by atoms with E-state index >= 15 is 0 Å². The molecule has 0 saturated carbocycles. The maximum Gasteiger partial charge on any atom is 0.310 e. The molecular weight excluding hydrogens is 428 g/mol. The van der Waals surface area contributed by atoms with Crippen LogP contribution in [0.3, 0.4) is 0 Å². The number of ether oxygens (including phenoxy) is 2. The molecule has 2 aliphatic heterocycles. The van der Waals surface area contributed by atoms with Crippen LogP contribution in [0.4, 0.5) is 0 Å². The molecule has 1 amide bonds. The number of benzene rings is 2. The van der Waals surface area contributed by atoms with Crippen molar-refractivity contribution >= 4 is 11.9 Å². The lowest BCUT2D eigenvalue weighted by atomic mass is 9.87. The number of nitrogens with zero attached hydrogens (tertiary/aromatic N) is 2. The summed E-state index contributed by atoms with van der Waals surface area (Å²) in [4.78, 5) is 30.2. The maximum absolute atomic E-state index is 13.5. The van der Waals surface area contributed by atoms with E-state index in [-0.39, 0.29) is 29.8 Å². The lowest BCUT2D eigenvalue weighted by molar-refractivity contribution is -0.152.